The molecule has 5 heterocycles. The van der Waals surface area contributed by atoms with Crippen LogP contribution in [-0.2, 0) is 6.54 Å². The van der Waals surface area contributed by atoms with Crippen molar-refractivity contribution in [2.75, 3.05) is 25.0 Å². The first kappa shape index (κ1) is 20.9. The number of urea groups is 1. The second-order valence-corrected chi connectivity index (χ2v) is 9.47. The second kappa shape index (κ2) is 8.20. The van der Waals surface area contributed by atoms with Crippen LogP contribution in [0.3, 0.4) is 0 Å². The fourth-order valence-electron chi connectivity index (χ4n) is 5.35. The normalized spacial score (nSPS) is 25.2. The van der Waals surface area contributed by atoms with E-state index in [1.165, 1.54) is 6.42 Å². The molecule has 0 bridgehead atoms. The number of pyridine rings is 1. The summed E-state index contributed by atoms with van der Waals surface area (Å²) in [7, 11) is 0. The van der Waals surface area contributed by atoms with Crippen molar-refractivity contribution in [2.45, 2.75) is 58.3 Å². The summed E-state index contributed by atoms with van der Waals surface area (Å²) in [5, 5.41) is 10.2. The number of aromatic nitrogens is 3. The quantitative estimate of drug-likeness (QED) is 0.770. The van der Waals surface area contributed by atoms with E-state index < -0.39 is 0 Å². The van der Waals surface area contributed by atoms with Crippen molar-refractivity contribution in [3.63, 3.8) is 0 Å². The molecule has 5 rings (SSSR count). The number of anilines is 1. The van der Waals surface area contributed by atoms with Gasteiger partial charge in [0.15, 0.2) is 5.82 Å². The summed E-state index contributed by atoms with van der Waals surface area (Å²) in [6.07, 6.45) is 3.96. The Morgan fingerprint density at radius 3 is 2.81 bits per heavy atom. The van der Waals surface area contributed by atoms with E-state index in [1.807, 2.05) is 11.8 Å². The predicted octanol–water partition coefficient (Wildman–Crippen LogP) is 2.86. The lowest BCUT2D eigenvalue weighted by atomic mass is 9.97. The summed E-state index contributed by atoms with van der Waals surface area (Å²) in [5.41, 5.74) is 2.09. The Hall–Kier alpha value is -2.94. The number of carbonyl (C=O) groups excluding carboxylic acids is 2. The number of hydrogen-bond acceptors (Lipinski definition) is 5. The van der Waals surface area contributed by atoms with Crippen LogP contribution in [-0.4, -0.2) is 73.5 Å². The molecule has 3 aliphatic heterocycles. The molecule has 2 fully saturated rings. The van der Waals surface area contributed by atoms with Gasteiger partial charge in [0, 0.05) is 36.9 Å². The van der Waals surface area contributed by atoms with E-state index in [0.29, 0.717) is 30.0 Å². The molecule has 2 aromatic heterocycles. The van der Waals surface area contributed by atoms with Crippen LogP contribution in [0.4, 0.5) is 10.6 Å². The molecule has 32 heavy (non-hydrogen) atoms. The number of rotatable bonds is 3. The zero-order valence-corrected chi connectivity index (χ0v) is 18.9. The van der Waals surface area contributed by atoms with Crippen LogP contribution in [0.5, 0.6) is 0 Å². The van der Waals surface area contributed by atoms with Crippen LogP contribution in [0.2, 0.25) is 0 Å². The van der Waals surface area contributed by atoms with E-state index in [-0.39, 0.29) is 24.0 Å². The van der Waals surface area contributed by atoms with Crippen molar-refractivity contribution in [1.82, 2.24) is 29.9 Å². The van der Waals surface area contributed by atoms with Gasteiger partial charge in [-0.25, -0.2) is 4.79 Å². The van der Waals surface area contributed by atoms with Crippen molar-refractivity contribution in [1.29, 1.82) is 0 Å². The van der Waals surface area contributed by atoms with E-state index in [0.717, 1.165) is 37.3 Å². The molecule has 2 saturated heterocycles. The molecule has 2 N–H and O–H groups in total. The zero-order valence-electron chi connectivity index (χ0n) is 18.9. The number of nitrogens with zero attached hydrogens (tertiary/aromatic N) is 5. The van der Waals surface area contributed by atoms with E-state index in [2.05, 4.69) is 44.1 Å². The summed E-state index contributed by atoms with van der Waals surface area (Å²) in [6.45, 7) is 9.74. The fraction of sp³-hybridized carbons (Fsp3) is 0.565. The van der Waals surface area contributed by atoms with Crippen molar-refractivity contribution >= 4 is 17.8 Å². The number of fused-ring (bicyclic) bond motifs is 2. The summed E-state index contributed by atoms with van der Waals surface area (Å²) in [4.78, 5) is 36.9. The first-order valence-electron chi connectivity index (χ1n) is 11.5. The van der Waals surface area contributed by atoms with Gasteiger partial charge in [-0.05, 0) is 44.4 Å². The first-order chi connectivity index (χ1) is 15.4. The molecule has 0 spiro atoms. The highest BCUT2D eigenvalue weighted by Gasteiger charge is 2.44. The Morgan fingerprint density at radius 2 is 2.06 bits per heavy atom. The van der Waals surface area contributed by atoms with Crippen molar-refractivity contribution < 1.29 is 9.59 Å². The lowest BCUT2D eigenvalue weighted by Gasteiger charge is -2.47. The molecule has 170 valence electrons. The van der Waals surface area contributed by atoms with Gasteiger partial charge in [0.05, 0.1) is 18.3 Å². The van der Waals surface area contributed by atoms with E-state index in [9.17, 15) is 9.59 Å². The SMILES string of the molecule is CC(C)[C@H]1CN2CCC[C@H]2CN1C(=O)N1Cc2c(NC(=O)c3ccccn3)n[nH]c2C1C. The standard InChI is InChI=1S/C23H31N7O2/c1-14(2)19-13-28-10-6-7-16(28)11-30(19)23(32)29-12-17-20(15(29)3)26-27-21(17)25-22(31)18-8-4-5-9-24-18/h4-5,8-9,14-16,19H,6-7,10-13H2,1-3H3,(H2,25,26,27,31)/t15?,16-,19+/m0/s1. The number of amides is 3. The monoisotopic (exact) mass is 437 g/mol. The lowest BCUT2D eigenvalue weighted by molar-refractivity contribution is 0.0347. The number of aromatic amines is 1. The Morgan fingerprint density at radius 1 is 1.22 bits per heavy atom. The maximum atomic E-state index is 13.7. The first-order valence-corrected chi connectivity index (χ1v) is 11.5. The number of hydrogen-bond donors (Lipinski definition) is 2. The van der Waals surface area contributed by atoms with Crippen molar-refractivity contribution in [2.24, 2.45) is 5.92 Å². The molecule has 0 aliphatic carbocycles. The Balaban J connectivity index is 1.33. The zero-order chi connectivity index (χ0) is 22.4. The molecule has 3 aliphatic rings. The highest BCUT2D eigenvalue weighted by molar-refractivity contribution is 6.02. The van der Waals surface area contributed by atoms with Gasteiger partial charge < -0.3 is 15.1 Å². The van der Waals surface area contributed by atoms with Crippen molar-refractivity contribution in [3.05, 3.63) is 41.3 Å². The molecule has 3 amide bonds. The van der Waals surface area contributed by atoms with Gasteiger partial charge in [0.25, 0.3) is 5.91 Å². The molecule has 0 radical (unpaired) electrons. The molecule has 1 unspecified atom stereocenters. The van der Waals surface area contributed by atoms with Gasteiger partial charge in [0.2, 0.25) is 0 Å². The molecular formula is C23H31N7O2. The summed E-state index contributed by atoms with van der Waals surface area (Å²) < 4.78 is 0. The summed E-state index contributed by atoms with van der Waals surface area (Å²) in [5.74, 6) is 0.555. The summed E-state index contributed by atoms with van der Waals surface area (Å²) >= 11 is 0. The van der Waals surface area contributed by atoms with Crippen LogP contribution in [0.1, 0.15) is 61.4 Å². The van der Waals surface area contributed by atoms with E-state index in [4.69, 9.17) is 0 Å². The number of nitrogens with one attached hydrogen (secondary N) is 2. The Kier molecular flexibility index (Phi) is 5.36. The minimum absolute atomic E-state index is 0.0781. The van der Waals surface area contributed by atoms with Gasteiger partial charge in [0.1, 0.15) is 5.69 Å². The van der Waals surface area contributed by atoms with Gasteiger partial charge in [-0.1, -0.05) is 19.9 Å². The lowest BCUT2D eigenvalue weighted by Crippen LogP contribution is -2.61. The van der Waals surface area contributed by atoms with Crippen LogP contribution in [0.25, 0.3) is 0 Å². The maximum absolute atomic E-state index is 13.7. The van der Waals surface area contributed by atoms with Crippen LogP contribution < -0.4 is 5.32 Å². The topological polar surface area (TPSA) is 97.5 Å². The maximum Gasteiger partial charge on any atom is 0.321 e. The van der Waals surface area contributed by atoms with E-state index >= 15 is 0 Å². The average molecular weight is 438 g/mol. The number of carbonyl (C=O) groups is 2. The largest absolute Gasteiger partial charge is 0.321 e. The second-order valence-electron chi connectivity index (χ2n) is 9.47. The van der Waals surface area contributed by atoms with E-state index in [1.54, 1.807) is 24.4 Å². The van der Waals surface area contributed by atoms with Crippen LogP contribution in [0.15, 0.2) is 24.4 Å². The number of H-pyrrole nitrogens is 1. The van der Waals surface area contributed by atoms with Crippen LogP contribution in [0, 0.1) is 5.92 Å². The third-order valence-corrected chi connectivity index (χ3v) is 7.23. The van der Waals surface area contributed by atoms with Crippen molar-refractivity contribution in [3.8, 4) is 0 Å². The highest BCUT2D eigenvalue weighted by Crippen LogP contribution is 2.38. The number of piperazine rings is 1. The molecular weight excluding hydrogens is 406 g/mol. The molecule has 2 aromatic rings. The smallest absolute Gasteiger partial charge is 0.319 e. The fourth-order valence-corrected chi connectivity index (χ4v) is 5.35. The third-order valence-electron chi connectivity index (χ3n) is 7.23. The highest BCUT2D eigenvalue weighted by atomic mass is 16.2. The molecule has 0 saturated carbocycles. The molecule has 0 aromatic carbocycles. The molecule has 9 nitrogen and oxygen atoms in total. The Bertz CT molecular complexity index is 1010. The third kappa shape index (κ3) is 3.54. The molecule has 3 atom stereocenters. The minimum Gasteiger partial charge on any atom is -0.319 e. The van der Waals surface area contributed by atoms with Crippen LogP contribution >= 0.6 is 0 Å². The van der Waals surface area contributed by atoms with Gasteiger partial charge >= 0.3 is 6.03 Å². The average Bonchev–Trinajstić information content (AvgIpc) is 3.50. The molecule has 9 heteroatoms. The van der Waals surface area contributed by atoms with Gasteiger partial charge in [-0.15, -0.1) is 0 Å². The minimum atomic E-state index is -0.311. The van der Waals surface area contributed by atoms with Gasteiger partial charge in [-0.3, -0.25) is 19.8 Å². The summed E-state index contributed by atoms with van der Waals surface area (Å²) in [6, 6.07) is 5.84. The Labute approximate surface area is 188 Å². The predicted molar refractivity (Wildman–Crippen MR) is 120 cm³/mol. The van der Waals surface area contributed by atoms with Gasteiger partial charge in [-0.2, -0.15) is 5.10 Å².